The number of unbranched alkanes of at least 4 members (excludes halogenated alkanes) is 1. The van der Waals surface area contributed by atoms with E-state index in [0.717, 1.165) is 12.1 Å². The average Bonchev–Trinajstić information content (AvgIpc) is 2.33. The topological polar surface area (TPSA) is 35.8 Å². The highest BCUT2D eigenvalue weighted by molar-refractivity contribution is 5.58. The van der Waals surface area contributed by atoms with Crippen LogP contribution in [-0.4, -0.2) is 6.54 Å². The Morgan fingerprint density at radius 3 is 2.61 bits per heavy atom. The second-order valence-corrected chi connectivity index (χ2v) is 3.60. The summed E-state index contributed by atoms with van der Waals surface area (Å²) in [7, 11) is 0. The van der Waals surface area contributed by atoms with Crippen LogP contribution in [0.25, 0.3) is 0 Å². The van der Waals surface area contributed by atoms with E-state index < -0.39 is 11.7 Å². The normalized spacial score (nSPS) is 10.5. The second kappa shape index (κ2) is 5.97. The van der Waals surface area contributed by atoms with Crippen LogP contribution < -0.4 is 5.32 Å². The van der Waals surface area contributed by atoms with Crippen LogP contribution in [0.15, 0.2) is 18.2 Å². The van der Waals surface area contributed by atoms with Gasteiger partial charge in [0.2, 0.25) is 0 Å². The molecule has 0 aliphatic heterocycles. The number of nitrogens with zero attached hydrogens (tertiary/aromatic N) is 1. The molecule has 18 heavy (non-hydrogen) atoms. The minimum absolute atomic E-state index is 0.0227. The highest BCUT2D eigenvalue weighted by atomic mass is 19.4. The van der Waals surface area contributed by atoms with Crippen LogP contribution in [0.2, 0.25) is 0 Å². The molecule has 1 N–H and O–H groups in total. The molecule has 1 rings (SSSR count). The van der Waals surface area contributed by atoms with Gasteiger partial charge in [-0.2, -0.15) is 18.4 Å². The first-order valence-corrected chi connectivity index (χ1v) is 5.27. The summed E-state index contributed by atoms with van der Waals surface area (Å²) in [5, 5.41) is 11.7. The predicted octanol–water partition coefficient (Wildman–Crippen LogP) is 3.40. The molecule has 5 heteroatoms. The van der Waals surface area contributed by atoms with E-state index in [9.17, 15) is 13.2 Å². The van der Waals surface area contributed by atoms with E-state index in [4.69, 9.17) is 11.7 Å². The Bertz CT molecular complexity index is 492. The number of anilines is 1. The van der Waals surface area contributed by atoms with Crippen molar-refractivity contribution in [1.29, 1.82) is 5.26 Å². The van der Waals surface area contributed by atoms with Crippen molar-refractivity contribution in [1.82, 2.24) is 0 Å². The lowest BCUT2D eigenvalue weighted by Crippen LogP contribution is -2.08. The van der Waals surface area contributed by atoms with Gasteiger partial charge in [0, 0.05) is 13.0 Å². The van der Waals surface area contributed by atoms with E-state index >= 15 is 0 Å². The Morgan fingerprint density at radius 2 is 2.06 bits per heavy atom. The van der Waals surface area contributed by atoms with Gasteiger partial charge in [-0.15, -0.1) is 12.3 Å². The lowest BCUT2D eigenvalue weighted by Gasteiger charge is -2.11. The van der Waals surface area contributed by atoms with Gasteiger partial charge in [-0.3, -0.25) is 0 Å². The summed E-state index contributed by atoms with van der Waals surface area (Å²) in [6, 6.07) is 4.79. The third-order valence-electron chi connectivity index (χ3n) is 2.28. The first-order valence-electron chi connectivity index (χ1n) is 5.27. The highest BCUT2D eigenvalue weighted by Crippen LogP contribution is 2.31. The van der Waals surface area contributed by atoms with Gasteiger partial charge < -0.3 is 5.32 Å². The minimum atomic E-state index is -4.44. The van der Waals surface area contributed by atoms with Crippen molar-refractivity contribution < 1.29 is 13.2 Å². The third-order valence-corrected chi connectivity index (χ3v) is 2.28. The number of alkyl halides is 3. The number of benzene rings is 1. The summed E-state index contributed by atoms with van der Waals surface area (Å²) in [6.07, 6.45) is 1.92. The quantitative estimate of drug-likeness (QED) is 0.658. The monoisotopic (exact) mass is 252 g/mol. The molecule has 0 amide bonds. The number of hydrogen-bond acceptors (Lipinski definition) is 2. The molecule has 0 aliphatic carbocycles. The fourth-order valence-corrected chi connectivity index (χ4v) is 1.38. The molecule has 0 radical (unpaired) electrons. The molecule has 0 fully saturated rings. The van der Waals surface area contributed by atoms with E-state index in [1.807, 2.05) is 0 Å². The Labute approximate surface area is 103 Å². The smallest absolute Gasteiger partial charge is 0.384 e. The minimum Gasteiger partial charge on any atom is -0.384 e. The van der Waals surface area contributed by atoms with Crippen molar-refractivity contribution in [3.63, 3.8) is 0 Å². The lowest BCUT2D eigenvalue weighted by atomic mass is 10.1. The Kier molecular flexibility index (Phi) is 4.62. The number of halogens is 3. The zero-order valence-corrected chi connectivity index (χ0v) is 9.51. The number of hydrogen-bond donors (Lipinski definition) is 1. The Balaban J connectivity index is 2.83. The van der Waals surface area contributed by atoms with E-state index in [1.54, 1.807) is 6.07 Å². The summed E-state index contributed by atoms with van der Waals surface area (Å²) < 4.78 is 37.3. The summed E-state index contributed by atoms with van der Waals surface area (Å²) in [5.41, 5.74) is -0.457. The van der Waals surface area contributed by atoms with Gasteiger partial charge in [-0.05, 0) is 24.6 Å². The Morgan fingerprint density at radius 1 is 1.33 bits per heavy atom. The Hall–Kier alpha value is -2.14. The molecule has 0 saturated carbocycles. The van der Waals surface area contributed by atoms with Crippen LogP contribution >= 0.6 is 0 Å². The van der Waals surface area contributed by atoms with Crippen LogP contribution in [0, 0.1) is 23.7 Å². The number of nitriles is 1. The molecule has 1 aromatic rings. The molecular formula is C13H11F3N2. The van der Waals surface area contributed by atoms with Gasteiger partial charge in [0.25, 0.3) is 0 Å². The summed E-state index contributed by atoms with van der Waals surface area (Å²) >= 11 is 0. The standard InChI is InChI=1S/C13H11F3N2/c1-2-3-4-7-18-12-6-5-11(13(14,15)16)8-10(12)9-17/h1,5-6,8,18H,3-4,7H2. The number of rotatable bonds is 4. The fourth-order valence-electron chi connectivity index (χ4n) is 1.38. The predicted molar refractivity (Wildman–Crippen MR) is 62.7 cm³/mol. The average molecular weight is 252 g/mol. The summed E-state index contributed by atoms with van der Waals surface area (Å²) in [5.74, 6) is 2.46. The zero-order valence-electron chi connectivity index (χ0n) is 9.51. The molecule has 0 saturated heterocycles. The molecule has 94 valence electrons. The summed E-state index contributed by atoms with van der Waals surface area (Å²) in [6.45, 7) is 0.518. The lowest BCUT2D eigenvalue weighted by molar-refractivity contribution is -0.137. The SMILES string of the molecule is C#CCCCNc1ccc(C(F)(F)F)cc1C#N. The number of nitrogens with one attached hydrogen (secondary N) is 1. The largest absolute Gasteiger partial charge is 0.416 e. The maximum Gasteiger partial charge on any atom is 0.416 e. The second-order valence-electron chi connectivity index (χ2n) is 3.60. The molecule has 0 aromatic heterocycles. The van der Waals surface area contributed by atoms with Crippen molar-refractivity contribution in [2.45, 2.75) is 19.0 Å². The van der Waals surface area contributed by atoms with E-state index in [0.29, 0.717) is 25.1 Å². The van der Waals surface area contributed by atoms with Crippen LogP contribution in [0.3, 0.4) is 0 Å². The summed E-state index contributed by atoms with van der Waals surface area (Å²) in [4.78, 5) is 0. The molecule has 0 spiro atoms. The van der Waals surface area contributed by atoms with Gasteiger partial charge in [0.15, 0.2) is 0 Å². The molecule has 0 heterocycles. The zero-order chi connectivity index (χ0) is 13.6. The molecule has 0 aliphatic rings. The van der Waals surface area contributed by atoms with Crippen molar-refractivity contribution in [3.8, 4) is 18.4 Å². The van der Waals surface area contributed by atoms with Crippen molar-refractivity contribution in [2.75, 3.05) is 11.9 Å². The van der Waals surface area contributed by atoms with Crippen molar-refractivity contribution in [3.05, 3.63) is 29.3 Å². The van der Waals surface area contributed by atoms with E-state index in [-0.39, 0.29) is 5.56 Å². The first kappa shape index (κ1) is 13.9. The van der Waals surface area contributed by atoms with Crippen molar-refractivity contribution >= 4 is 5.69 Å². The third kappa shape index (κ3) is 3.71. The van der Waals surface area contributed by atoms with E-state index in [1.165, 1.54) is 6.07 Å². The maximum atomic E-state index is 12.4. The molecule has 1 aromatic carbocycles. The molecular weight excluding hydrogens is 241 g/mol. The van der Waals surface area contributed by atoms with Crippen molar-refractivity contribution in [2.24, 2.45) is 0 Å². The highest BCUT2D eigenvalue weighted by Gasteiger charge is 2.30. The first-order chi connectivity index (χ1) is 8.49. The van der Waals surface area contributed by atoms with Gasteiger partial charge in [-0.1, -0.05) is 0 Å². The number of terminal acetylenes is 1. The molecule has 2 nitrogen and oxygen atoms in total. The maximum absolute atomic E-state index is 12.4. The molecule has 0 bridgehead atoms. The van der Waals surface area contributed by atoms with Crippen LogP contribution in [0.5, 0.6) is 0 Å². The fraction of sp³-hybridized carbons (Fsp3) is 0.308. The van der Waals surface area contributed by atoms with Gasteiger partial charge >= 0.3 is 6.18 Å². The molecule has 0 unspecified atom stereocenters. The van der Waals surface area contributed by atoms with Crippen LogP contribution in [0.1, 0.15) is 24.0 Å². The van der Waals surface area contributed by atoms with Crippen LogP contribution in [-0.2, 0) is 6.18 Å². The van der Waals surface area contributed by atoms with E-state index in [2.05, 4.69) is 11.2 Å². The molecule has 0 atom stereocenters. The van der Waals surface area contributed by atoms with Gasteiger partial charge in [0.1, 0.15) is 6.07 Å². The van der Waals surface area contributed by atoms with Gasteiger partial charge in [-0.25, -0.2) is 0 Å². The van der Waals surface area contributed by atoms with Crippen LogP contribution in [0.4, 0.5) is 18.9 Å². The van der Waals surface area contributed by atoms with Gasteiger partial charge in [0.05, 0.1) is 16.8 Å².